The Morgan fingerprint density at radius 2 is 1.80 bits per heavy atom. The van der Waals surface area contributed by atoms with Crippen molar-refractivity contribution >= 4 is 16.9 Å². The number of aromatic nitrogens is 1. The summed E-state index contributed by atoms with van der Waals surface area (Å²) in [6, 6.07) is 24.3. The molecule has 1 aliphatic rings. The van der Waals surface area contributed by atoms with Gasteiger partial charge in [0.25, 0.3) is 0 Å². The number of amides is 1. The third kappa shape index (κ3) is 5.43. The van der Waals surface area contributed by atoms with Gasteiger partial charge in [-0.05, 0) is 68.1 Å². The van der Waals surface area contributed by atoms with E-state index in [4.69, 9.17) is 14.7 Å². The number of nitrogens with two attached hydrogens (primary N) is 1. The van der Waals surface area contributed by atoms with Crippen LogP contribution in [0.2, 0.25) is 0 Å². The van der Waals surface area contributed by atoms with Crippen molar-refractivity contribution in [2.75, 3.05) is 13.1 Å². The zero-order valence-electron chi connectivity index (χ0n) is 24.0. The van der Waals surface area contributed by atoms with E-state index in [2.05, 4.69) is 65.6 Å². The number of likely N-dealkylation sites (tertiary alicyclic amines) is 1. The predicted octanol–water partition coefficient (Wildman–Crippen LogP) is 5.84. The topological polar surface area (TPSA) is 97.5 Å². The molecule has 7 heteroatoms. The molecule has 3 aromatic carbocycles. The smallest absolute Gasteiger partial charge is 0.225 e. The lowest BCUT2D eigenvalue weighted by Gasteiger charge is -2.41. The Kier molecular flexibility index (Phi) is 7.24. The minimum Gasteiger partial charge on any atom is -0.459 e. The van der Waals surface area contributed by atoms with Gasteiger partial charge in [0.2, 0.25) is 5.91 Å². The summed E-state index contributed by atoms with van der Waals surface area (Å²) in [6.07, 6.45) is 0.263. The average molecular weight is 549 g/mol. The van der Waals surface area contributed by atoms with E-state index >= 15 is 0 Å². The van der Waals surface area contributed by atoms with Gasteiger partial charge < -0.3 is 20.0 Å². The molecule has 0 unspecified atom stereocenters. The van der Waals surface area contributed by atoms with Crippen LogP contribution in [0.3, 0.4) is 0 Å². The molecule has 1 amide bonds. The van der Waals surface area contributed by atoms with E-state index in [1.165, 1.54) is 5.56 Å². The van der Waals surface area contributed by atoms with Gasteiger partial charge in [-0.25, -0.2) is 0 Å². The van der Waals surface area contributed by atoms with E-state index in [1.807, 2.05) is 50.2 Å². The van der Waals surface area contributed by atoms with Gasteiger partial charge >= 0.3 is 0 Å². The van der Waals surface area contributed by atoms with Crippen molar-refractivity contribution in [2.24, 2.45) is 5.73 Å². The number of nitrogens with zero attached hydrogens (tertiary/aromatic N) is 2. The maximum absolute atomic E-state index is 13.4. The quantitative estimate of drug-likeness (QED) is 0.253. The van der Waals surface area contributed by atoms with Crippen LogP contribution in [0.4, 0.5) is 0 Å². The molecule has 0 aliphatic carbocycles. The molecule has 1 aliphatic heterocycles. The summed E-state index contributed by atoms with van der Waals surface area (Å²) < 4.78 is 11.9. The minimum atomic E-state index is -0.229. The molecule has 2 atom stereocenters. The first-order chi connectivity index (χ1) is 19.8. The maximum Gasteiger partial charge on any atom is 0.225 e. The SMILES string of the molecule is Cc1ccc([C@@H](NC(=O)Cc2ccc3oc([C@@H](c4c(C)noc4C)N4CC(N)C4)cc3c2)c2ccccc2)c(C)c1. The Bertz CT molecular complexity index is 1680. The van der Waals surface area contributed by atoms with Crippen molar-refractivity contribution in [2.45, 2.75) is 52.2 Å². The summed E-state index contributed by atoms with van der Waals surface area (Å²) in [5.74, 6) is 1.56. The highest BCUT2D eigenvalue weighted by Crippen LogP contribution is 2.38. The van der Waals surface area contributed by atoms with Gasteiger partial charge in [-0.2, -0.15) is 0 Å². The van der Waals surface area contributed by atoms with Crippen LogP contribution in [0.15, 0.2) is 81.7 Å². The highest BCUT2D eigenvalue weighted by molar-refractivity contribution is 5.83. The zero-order chi connectivity index (χ0) is 28.7. The zero-order valence-corrected chi connectivity index (χ0v) is 24.0. The molecular formula is C34H36N4O3. The number of furan rings is 1. The minimum absolute atomic E-state index is 0.0370. The van der Waals surface area contributed by atoms with Gasteiger partial charge in [0.15, 0.2) is 0 Å². The van der Waals surface area contributed by atoms with Gasteiger partial charge in [0.1, 0.15) is 17.1 Å². The fourth-order valence-corrected chi connectivity index (χ4v) is 6.04. The summed E-state index contributed by atoms with van der Waals surface area (Å²) >= 11 is 0. The van der Waals surface area contributed by atoms with E-state index in [9.17, 15) is 4.79 Å². The second kappa shape index (κ2) is 11.0. The van der Waals surface area contributed by atoms with Crippen LogP contribution in [0, 0.1) is 27.7 Å². The number of fused-ring (bicyclic) bond motifs is 1. The summed E-state index contributed by atoms with van der Waals surface area (Å²) in [7, 11) is 0. The summed E-state index contributed by atoms with van der Waals surface area (Å²) in [5, 5.41) is 8.44. The molecule has 210 valence electrons. The van der Waals surface area contributed by atoms with Gasteiger partial charge in [-0.1, -0.05) is 65.3 Å². The molecule has 7 nitrogen and oxygen atoms in total. The van der Waals surface area contributed by atoms with Crippen LogP contribution in [0.1, 0.15) is 62.7 Å². The van der Waals surface area contributed by atoms with E-state index < -0.39 is 0 Å². The van der Waals surface area contributed by atoms with Crippen LogP contribution in [0.25, 0.3) is 11.0 Å². The lowest BCUT2D eigenvalue weighted by molar-refractivity contribution is -0.120. The average Bonchev–Trinajstić information content (AvgIpc) is 3.50. The molecule has 3 N–H and O–H groups in total. The van der Waals surface area contributed by atoms with Crippen molar-refractivity contribution in [3.63, 3.8) is 0 Å². The molecule has 0 bridgehead atoms. The van der Waals surface area contributed by atoms with Crippen LogP contribution < -0.4 is 11.1 Å². The standard InChI is InChI=1S/C34H36N4O3/c1-20-10-12-28(21(2)14-20)33(25-8-6-5-7-9-25)36-31(39)16-24-11-13-29-26(15-24)17-30(40-29)34(38-18-27(35)19-38)32-22(3)37-41-23(32)4/h5-15,17,27,33-34H,16,18-19,35H2,1-4H3,(H,36,39)/t33-,34-/m0/s1. The second-order valence-corrected chi connectivity index (χ2v) is 11.3. The summed E-state index contributed by atoms with van der Waals surface area (Å²) in [5.41, 5.74) is 14.2. The van der Waals surface area contributed by atoms with Crippen LogP contribution >= 0.6 is 0 Å². The fourth-order valence-electron chi connectivity index (χ4n) is 6.04. The Hall–Kier alpha value is -4.20. The van der Waals surface area contributed by atoms with Crippen molar-refractivity contribution in [3.8, 4) is 0 Å². The highest BCUT2D eigenvalue weighted by Gasteiger charge is 2.37. The Labute approximate surface area is 240 Å². The van der Waals surface area contributed by atoms with Gasteiger partial charge in [-0.3, -0.25) is 9.69 Å². The first-order valence-electron chi connectivity index (χ1n) is 14.1. The molecule has 1 fully saturated rings. The fraction of sp³-hybridized carbons (Fsp3) is 0.294. The Morgan fingerprint density at radius 1 is 1.02 bits per heavy atom. The number of rotatable bonds is 8. The first kappa shape index (κ1) is 27.0. The molecule has 0 radical (unpaired) electrons. The maximum atomic E-state index is 13.4. The third-order valence-corrected chi connectivity index (χ3v) is 8.07. The molecule has 6 rings (SSSR count). The van der Waals surface area contributed by atoms with E-state index in [0.717, 1.165) is 69.1 Å². The van der Waals surface area contributed by atoms with E-state index in [1.54, 1.807) is 0 Å². The third-order valence-electron chi connectivity index (χ3n) is 8.07. The van der Waals surface area contributed by atoms with Crippen LogP contribution in [-0.2, 0) is 11.2 Å². The van der Waals surface area contributed by atoms with Gasteiger partial charge in [-0.15, -0.1) is 0 Å². The number of benzene rings is 3. The number of hydrogen-bond acceptors (Lipinski definition) is 6. The number of nitrogens with one attached hydrogen (secondary N) is 1. The van der Waals surface area contributed by atoms with Crippen molar-refractivity contribution in [1.82, 2.24) is 15.4 Å². The van der Waals surface area contributed by atoms with E-state index in [-0.39, 0.29) is 30.5 Å². The monoisotopic (exact) mass is 548 g/mol. The largest absolute Gasteiger partial charge is 0.459 e. The molecule has 0 saturated carbocycles. The molecule has 0 spiro atoms. The van der Waals surface area contributed by atoms with Crippen LogP contribution in [-0.4, -0.2) is 35.1 Å². The molecule has 3 heterocycles. The predicted molar refractivity (Wildman–Crippen MR) is 160 cm³/mol. The highest BCUT2D eigenvalue weighted by atomic mass is 16.5. The lowest BCUT2D eigenvalue weighted by Crippen LogP contribution is -2.56. The Morgan fingerprint density at radius 3 is 2.49 bits per heavy atom. The van der Waals surface area contributed by atoms with Crippen molar-refractivity contribution in [3.05, 3.63) is 123 Å². The lowest BCUT2D eigenvalue weighted by atomic mass is 9.93. The molecule has 1 saturated heterocycles. The summed E-state index contributed by atoms with van der Waals surface area (Å²) in [4.78, 5) is 15.7. The van der Waals surface area contributed by atoms with Gasteiger partial charge in [0, 0.05) is 30.1 Å². The number of aryl methyl sites for hydroxylation is 4. The molecular weight excluding hydrogens is 512 g/mol. The number of hydrogen-bond donors (Lipinski definition) is 2. The van der Waals surface area contributed by atoms with E-state index in [0.29, 0.717) is 0 Å². The molecule has 5 aromatic rings. The van der Waals surface area contributed by atoms with Crippen molar-refractivity contribution < 1.29 is 13.7 Å². The Balaban J connectivity index is 1.26. The number of carbonyl (C=O) groups is 1. The number of carbonyl (C=O) groups excluding carboxylic acids is 1. The van der Waals surface area contributed by atoms with Gasteiger partial charge in [0.05, 0.1) is 24.2 Å². The second-order valence-electron chi connectivity index (χ2n) is 11.3. The van der Waals surface area contributed by atoms with Crippen molar-refractivity contribution in [1.29, 1.82) is 0 Å². The normalized spacial score (nSPS) is 15.5. The molecule has 41 heavy (non-hydrogen) atoms. The first-order valence-corrected chi connectivity index (χ1v) is 14.1. The molecule has 2 aromatic heterocycles. The summed E-state index contributed by atoms with van der Waals surface area (Å²) in [6.45, 7) is 9.62. The van der Waals surface area contributed by atoms with Crippen LogP contribution in [0.5, 0.6) is 0 Å².